The molecule has 3 atom stereocenters. The number of carbonyl (C=O) groups is 1. The van der Waals surface area contributed by atoms with Crippen LogP contribution >= 0.6 is 11.8 Å². The van der Waals surface area contributed by atoms with Crippen LogP contribution in [0.3, 0.4) is 0 Å². The van der Waals surface area contributed by atoms with Crippen molar-refractivity contribution in [3.8, 4) is 0 Å². The molecule has 43 heavy (non-hydrogen) atoms. The molecule has 1 aliphatic heterocycles. The first-order valence-electron chi connectivity index (χ1n) is 13.0. The summed E-state index contributed by atoms with van der Waals surface area (Å²) < 4.78 is 82.6. The van der Waals surface area contributed by atoms with Crippen molar-refractivity contribution in [1.29, 1.82) is 0 Å². The Hall–Kier alpha value is -3.85. The molecule has 8 nitrogen and oxygen atoms in total. The van der Waals surface area contributed by atoms with Gasteiger partial charge in [0.1, 0.15) is 11.9 Å². The molecule has 1 aromatic heterocycles. The third-order valence-corrected chi connectivity index (χ3v) is 7.99. The van der Waals surface area contributed by atoms with Gasteiger partial charge >= 0.3 is 0 Å². The lowest BCUT2D eigenvalue weighted by molar-refractivity contribution is -0.245. The Morgan fingerprint density at radius 1 is 0.930 bits per heavy atom. The number of thioether (sulfide) groups is 1. The zero-order valence-corrected chi connectivity index (χ0v) is 23.4. The number of benzene rings is 3. The fourth-order valence-corrected chi connectivity index (χ4v) is 5.37. The van der Waals surface area contributed by atoms with Crippen molar-refractivity contribution < 1.29 is 41.3 Å². The van der Waals surface area contributed by atoms with Gasteiger partial charge in [0.15, 0.2) is 34.7 Å². The minimum absolute atomic E-state index is 0.0805. The van der Waals surface area contributed by atoms with Crippen LogP contribution in [0.5, 0.6) is 0 Å². The third kappa shape index (κ3) is 6.72. The number of rotatable bonds is 9. The quantitative estimate of drug-likeness (QED) is 0.114. The van der Waals surface area contributed by atoms with Gasteiger partial charge in [-0.2, -0.15) is 0 Å². The monoisotopic (exact) mass is 620 g/mol. The molecule has 3 unspecified atom stereocenters. The molecule has 14 heteroatoms. The molecule has 0 saturated carbocycles. The van der Waals surface area contributed by atoms with Crippen molar-refractivity contribution in [3.63, 3.8) is 0 Å². The topological polar surface area (TPSA) is 98.5 Å². The van der Waals surface area contributed by atoms with Gasteiger partial charge in [-0.3, -0.25) is 4.79 Å². The van der Waals surface area contributed by atoms with Gasteiger partial charge in [0.05, 0.1) is 18.8 Å². The third-order valence-electron chi connectivity index (χ3n) is 6.82. The summed E-state index contributed by atoms with van der Waals surface area (Å²) in [4.78, 5) is 12.3. The summed E-state index contributed by atoms with van der Waals surface area (Å²) >= 11 is 1.49. The van der Waals surface area contributed by atoms with E-state index in [9.17, 15) is 31.9 Å². The molecule has 0 aliphatic carbocycles. The van der Waals surface area contributed by atoms with Gasteiger partial charge in [-0.1, -0.05) is 60.3 Å². The first kappa shape index (κ1) is 30.6. The van der Waals surface area contributed by atoms with Crippen molar-refractivity contribution in [2.75, 3.05) is 5.75 Å². The van der Waals surface area contributed by atoms with Crippen molar-refractivity contribution >= 4 is 17.7 Å². The number of nitrogens with zero attached hydrogens (tertiary/aromatic N) is 3. The van der Waals surface area contributed by atoms with E-state index in [1.807, 2.05) is 31.3 Å². The number of aryl methyl sites for hydroxylation is 1. The number of ether oxygens (including phenoxy) is 2. The van der Waals surface area contributed by atoms with Crippen LogP contribution in [-0.4, -0.2) is 37.6 Å². The SMILES string of the molecule is Cn1cnnc1SCC1CC(c2ccc(CO)cc2)OC(c2ccc(CNC(=O)c3c(F)c(F)c(F)c(F)c3F)cc2)O1. The Kier molecular flexibility index (Phi) is 9.40. The van der Waals surface area contributed by atoms with Crippen molar-refractivity contribution in [2.24, 2.45) is 7.05 Å². The first-order valence-corrected chi connectivity index (χ1v) is 14.0. The van der Waals surface area contributed by atoms with Gasteiger partial charge in [-0.25, -0.2) is 22.0 Å². The van der Waals surface area contributed by atoms with Gasteiger partial charge < -0.3 is 24.5 Å². The molecule has 3 aromatic carbocycles. The van der Waals surface area contributed by atoms with Crippen LogP contribution < -0.4 is 5.32 Å². The van der Waals surface area contributed by atoms with E-state index in [2.05, 4.69) is 15.5 Å². The summed E-state index contributed by atoms with van der Waals surface area (Å²) in [6, 6.07) is 14.0. The zero-order chi connectivity index (χ0) is 30.7. The number of hydrogen-bond donors (Lipinski definition) is 2. The van der Waals surface area contributed by atoms with Crippen LogP contribution in [0.15, 0.2) is 60.0 Å². The molecule has 1 fully saturated rings. The molecule has 1 aliphatic rings. The lowest BCUT2D eigenvalue weighted by atomic mass is 10.0. The summed E-state index contributed by atoms with van der Waals surface area (Å²) in [5.41, 5.74) is 1.26. The van der Waals surface area contributed by atoms with E-state index in [-0.39, 0.29) is 25.4 Å². The van der Waals surface area contributed by atoms with E-state index >= 15 is 0 Å². The summed E-state index contributed by atoms with van der Waals surface area (Å²) in [6.07, 6.45) is 0.842. The Balaban J connectivity index is 1.29. The maximum atomic E-state index is 14.0. The summed E-state index contributed by atoms with van der Waals surface area (Å²) in [5, 5.41) is 20.3. The average Bonchev–Trinajstić information content (AvgIpc) is 3.45. The van der Waals surface area contributed by atoms with E-state index in [1.54, 1.807) is 35.2 Å². The van der Waals surface area contributed by atoms with Crippen molar-refractivity contribution in [2.45, 2.75) is 43.2 Å². The van der Waals surface area contributed by atoms with Gasteiger partial charge in [-0.15, -0.1) is 10.2 Å². The first-order chi connectivity index (χ1) is 20.7. The number of amides is 1. The van der Waals surface area contributed by atoms with Crippen LogP contribution in [0.1, 0.15) is 51.4 Å². The maximum absolute atomic E-state index is 14.0. The molecule has 0 radical (unpaired) electrons. The summed E-state index contributed by atoms with van der Waals surface area (Å²) in [7, 11) is 1.84. The molecule has 4 aromatic rings. The van der Waals surface area contributed by atoms with Crippen molar-refractivity contribution in [1.82, 2.24) is 20.1 Å². The van der Waals surface area contributed by atoms with Gasteiger partial charge in [0.25, 0.3) is 5.91 Å². The van der Waals surface area contributed by atoms with Crippen LogP contribution in [-0.2, 0) is 29.7 Å². The molecule has 1 amide bonds. The van der Waals surface area contributed by atoms with Crippen molar-refractivity contribution in [3.05, 3.63) is 112 Å². The fourth-order valence-electron chi connectivity index (χ4n) is 4.46. The lowest BCUT2D eigenvalue weighted by Gasteiger charge is -2.36. The molecule has 5 rings (SSSR count). The van der Waals surface area contributed by atoms with Gasteiger partial charge in [-0.05, 0) is 16.7 Å². The number of carbonyl (C=O) groups excluding carboxylic acids is 1. The molecule has 2 heterocycles. The van der Waals surface area contributed by atoms with E-state index in [1.165, 1.54) is 11.8 Å². The van der Waals surface area contributed by atoms with Gasteiger partial charge in [0, 0.05) is 31.3 Å². The standard InChI is InChI=1S/C29H25F5N4O4S/c1-38-14-36-37-29(38)43-13-19-10-20(17-6-4-16(12-39)5-7-17)42-28(41-19)18-8-2-15(3-9-18)11-35-27(40)21-22(30)24(32)26(34)25(33)23(21)31/h2-9,14,19-20,28,39H,10-13H2,1H3,(H,35,40). The predicted octanol–water partition coefficient (Wildman–Crippen LogP) is 5.27. The molecule has 0 bridgehead atoms. The minimum atomic E-state index is -2.34. The number of aliphatic hydroxyl groups excluding tert-OH is 1. The second-order valence-corrected chi connectivity index (χ2v) is 10.7. The Bertz CT molecular complexity index is 1570. The molecule has 1 saturated heterocycles. The lowest BCUT2D eigenvalue weighted by Crippen LogP contribution is -2.31. The predicted molar refractivity (Wildman–Crippen MR) is 144 cm³/mol. The second kappa shape index (κ2) is 13.2. The highest BCUT2D eigenvalue weighted by atomic mass is 32.2. The largest absolute Gasteiger partial charge is 0.392 e. The van der Waals surface area contributed by atoms with Crippen LogP contribution in [0.4, 0.5) is 22.0 Å². The number of halogens is 5. The Morgan fingerprint density at radius 2 is 1.53 bits per heavy atom. The molecular formula is C29H25F5N4O4S. The summed E-state index contributed by atoms with van der Waals surface area (Å²) in [6.45, 7) is -0.329. The Labute approximate surface area is 246 Å². The van der Waals surface area contributed by atoms with Crippen LogP contribution in [0.25, 0.3) is 0 Å². The van der Waals surface area contributed by atoms with E-state index in [4.69, 9.17) is 9.47 Å². The fraction of sp³-hybridized carbons (Fsp3) is 0.276. The maximum Gasteiger partial charge on any atom is 0.257 e. The highest BCUT2D eigenvalue weighted by Gasteiger charge is 2.33. The zero-order valence-electron chi connectivity index (χ0n) is 22.6. The minimum Gasteiger partial charge on any atom is -0.392 e. The molecule has 226 valence electrons. The summed E-state index contributed by atoms with van der Waals surface area (Å²) in [5.74, 6) is -12.0. The van der Waals surface area contributed by atoms with E-state index in [0.717, 1.165) is 16.3 Å². The second-order valence-electron chi connectivity index (χ2n) is 9.75. The smallest absolute Gasteiger partial charge is 0.257 e. The van der Waals surface area contributed by atoms with Crippen LogP contribution in [0, 0.1) is 29.1 Å². The van der Waals surface area contributed by atoms with E-state index in [0.29, 0.717) is 23.3 Å². The number of aromatic nitrogens is 3. The average molecular weight is 621 g/mol. The highest BCUT2D eigenvalue weighted by Crippen LogP contribution is 2.39. The number of aliphatic hydroxyl groups is 1. The van der Waals surface area contributed by atoms with Crippen LogP contribution in [0.2, 0.25) is 0 Å². The molecular weight excluding hydrogens is 595 g/mol. The van der Waals surface area contributed by atoms with Gasteiger partial charge in [0.2, 0.25) is 5.82 Å². The molecule has 2 N–H and O–H groups in total. The number of hydrogen-bond acceptors (Lipinski definition) is 7. The Morgan fingerprint density at radius 3 is 2.14 bits per heavy atom. The highest BCUT2D eigenvalue weighted by molar-refractivity contribution is 7.99. The number of nitrogens with one attached hydrogen (secondary N) is 1. The molecule has 0 spiro atoms. The van der Waals surface area contributed by atoms with E-state index < -0.39 is 46.8 Å². The normalized spacial score (nSPS) is 18.5.